The average molecular weight is 463 g/mol. The van der Waals surface area contributed by atoms with Crippen LogP contribution in [-0.2, 0) is 13.5 Å². The predicted molar refractivity (Wildman–Crippen MR) is 137 cm³/mol. The number of aromatic nitrogens is 4. The smallest absolute Gasteiger partial charge is 0.262 e. The van der Waals surface area contributed by atoms with Crippen molar-refractivity contribution in [1.29, 1.82) is 0 Å². The van der Waals surface area contributed by atoms with E-state index in [1.54, 1.807) is 6.20 Å². The van der Waals surface area contributed by atoms with Crippen LogP contribution in [0.3, 0.4) is 0 Å². The zero-order valence-electron chi connectivity index (χ0n) is 20.6. The molecule has 3 aliphatic rings. The van der Waals surface area contributed by atoms with E-state index in [1.165, 1.54) is 70.2 Å². The lowest BCUT2D eigenvalue weighted by molar-refractivity contribution is 0.243. The number of rotatable bonds is 9. The standard InChI is InChI=1S/C27H38N6O/c1-3-12-32-13-4-5-19(32)10-11-20-14-23(30-31(20)2)21-16-33(26(17-6-7-17)18-8-9-18)27(34)24-22(28)15-29-25(21)24/h14-19,26,29H,3-13,28H2,1-2H3/t19-/m1/s1. The second-order valence-corrected chi connectivity index (χ2v) is 10.9. The van der Waals surface area contributed by atoms with Gasteiger partial charge in [0.15, 0.2) is 0 Å². The highest BCUT2D eigenvalue weighted by Crippen LogP contribution is 2.52. The number of pyridine rings is 1. The van der Waals surface area contributed by atoms with Crippen molar-refractivity contribution in [2.24, 2.45) is 18.9 Å². The monoisotopic (exact) mass is 462 g/mol. The minimum absolute atomic E-state index is 0.0507. The fraction of sp³-hybridized carbons (Fsp3) is 0.630. The van der Waals surface area contributed by atoms with Crippen LogP contribution in [0.15, 0.2) is 23.3 Å². The molecule has 4 heterocycles. The van der Waals surface area contributed by atoms with Crippen molar-refractivity contribution in [1.82, 2.24) is 24.2 Å². The number of nitrogens with one attached hydrogen (secondary N) is 1. The molecule has 1 saturated heterocycles. The zero-order valence-corrected chi connectivity index (χ0v) is 20.6. The average Bonchev–Trinajstić information content (AvgIpc) is 3.73. The van der Waals surface area contributed by atoms with Crippen molar-refractivity contribution >= 4 is 16.6 Å². The summed E-state index contributed by atoms with van der Waals surface area (Å²) in [7, 11) is 2.05. The van der Waals surface area contributed by atoms with Gasteiger partial charge < -0.3 is 20.2 Å². The van der Waals surface area contributed by atoms with Crippen molar-refractivity contribution in [3.63, 3.8) is 0 Å². The van der Waals surface area contributed by atoms with Crippen LogP contribution < -0.4 is 11.3 Å². The molecule has 3 fully saturated rings. The Balaban J connectivity index is 1.34. The highest BCUT2D eigenvalue weighted by molar-refractivity contribution is 5.99. The van der Waals surface area contributed by atoms with Crippen LogP contribution in [-0.4, -0.2) is 43.4 Å². The summed E-state index contributed by atoms with van der Waals surface area (Å²) in [5.74, 6) is 1.26. The molecule has 7 heteroatoms. The summed E-state index contributed by atoms with van der Waals surface area (Å²) in [5, 5.41) is 5.54. The Labute approximate surface area is 201 Å². The van der Waals surface area contributed by atoms with Gasteiger partial charge in [-0.25, -0.2) is 0 Å². The van der Waals surface area contributed by atoms with Crippen LogP contribution in [0, 0.1) is 11.8 Å². The Morgan fingerprint density at radius 2 is 1.97 bits per heavy atom. The highest BCUT2D eigenvalue weighted by Gasteiger charge is 2.43. The summed E-state index contributed by atoms with van der Waals surface area (Å²) in [5.41, 5.74) is 10.9. The van der Waals surface area contributed by atoms with Crippen molar-refractivity contribution < 1.29 is 0 Å². The minimum atomic E-state index is 0.0507. The second kappa shape index (κ2) is 8.59. The first-order chi connectivity index (χ1) is 16.5. The van der Waals surface area contributed by atoms with Crippen LogP contribution in [0.4, 0.5) is 5.69 Å². The molecule has 6 rings (SSSR count). The van der Waals surface area contributed by atoms with Crippen molar-refractivity contribution in [3.05, 3.63) is 34.5 Å². The van der Waals surface area contributed by atoms with E-state index < -0.39 is 0 Å². The molecule has 3 aromatic heterocycles. The molecule has 0 aromatic carbocycles. The Bertz CT molecular complexity index is 1230. The number of nitrogen functional groups attached to an aromatic ring is 1. The maximum Gasteiger partial charge on any atom is 0.262 e. The summed E-state index contributed by atoms with van der Waals surface area (Å²) < 4.78 is 4.05. The fourth-order valence-corrected chi connectivity index (χ4v) is 6.39. The van der Waals surface area contributed by atoms with E-state index in [1.807, 2.05) is 16.3 Å². The van der Waals surface area contributed by atoms with Gasteiger partial charge in [0.25, 0.3) is 5.56 Å². The summed E-state index contributed by atoms with van der Waals surface area (Å²) in [6, 6.07) is 3.22. The van der Waals surface area contributed by atoms with Crippen LogP contribution in [0.1, 0.15) is 70.0 Å². The first kappa shape index (κ1) is 22.0. The molecule has 2 aliphatic carbocycles. The van der Waals surface area contributed by atoms with Gasteiger partial charge in [-0.15, -0.1) is 0 Å². The summed E-state index contributed by atoms with van der Waals surface area (Å²) in [4.78, 5) is 19.5. The lowest BCUT2D eigenvalue weighted by atomic mass is 10.0. The molecule has 3 N–H and O–H groups in total. The SMILES string of the molecule is CCCN1CCC[C@@H]1CCc1cc(-c2cn(C(C3CC3)C3CC3)c(=O)c3c(N)c[nH]c23)nn1C. The molecule has 2 saturated carbocycles. The van der Waals surface area contributed by atoms with E-state index in [9.17, 15) is 4.79 Å². The van der Waals surface area contributed by atoms with Crippen molar-refractivity contribution in [3.8, 4) is 11.3 Å². The quantitative estimate of drug-likeness (QED) is 0.491. The van der Waals surface area contributed by atoms with Gasteiger partial charge in [0.1, 0.15) is 0 Å². The minimum Gasteiger partial charge on any atom is -0.397 e. The van der Waals surface area contributed by atoms with E-state index in [0.717, 1.165) is 23.2 Å². The maximum atomic E-state index is 13.5. The molecule has 0 radical (unpaired) electrons. The number of aromatic amines is 1. The van der Waals surface area contributed by atoms with Gasteiger partial charge in [-0.1, -0.05) is 6.92 Å². The van der Waals surface area contributed by atoms with E-state index in [0.29, 0.717) is 35.0 Å². The Kier molecular flexibility index (Phi) is 5.55. The Morgan fingerprint density at radius 3 is 2.68 bits per heavy atom. The van der Waals surface area contributed by atoms with E-state index in [2.05, 4.69) is 29.1 Å². The number of aryl methyl sites for hydroxylation is 2. The first-order valence-electron chi connectivity index (χ1n) is 13.3. The van der Waals surface area contributed by atoms with E-state index in [-0.39, 0.29) is 5.56 Å². The molecule has 34 heavy (non-hydrogen) atoms. The predicted octanol–water partition coefficient (Wildman–Crippen LogP) is 4.48. The fourth-order valence-electron chi connectivity index (χ4n) is 6.39. The van der Waals surface area contributed by atoms with Crippen molar-refractivity contribution in [2.45, 2.75) is 76.8 Å². The van der Waals surface area contributed by atoms with Crippen LogP contribution in [0.25, 0.3) is 22.2 Å². The lowest BCUT2D eigenvalue weighted by Gasteiger charge is -2.23. The molecular weight excluding hydrogens is 424 g/mol. The molecule has 1 aliphatic heterocycles. The van der Waals surface area contributed by atoms with Crippen molar-refractivity contribution in [2.75, 3.05) is 18.8 Å². The van der Waals surface area contributed by atoms with E-state index >= 15 is 0 Å². The number of fused-ring (bicyclic) bond motifs is 1. The summed E-state index contributed by atoms with van der Waals surface area (Å²) in [6.45, 7) is 4.72. The largest absolute Gasteiger partial charge is 0.397 e. The zero-order chi connectivity index (χ0) is 23.4. The van der Waals surface area contributed by atoms with Crippen LogP contribution in [0.2, 0.25) is 0 Å². The number of hydrogen-bond acceptors (Lipinski definition) is 4. The molecule has 0 amide bonds. The second-order valence-electron chi connectivity index (χ2n) is 10.9. The third-order valence-corrected chi connectivity index (χ3v) is 8.42. The Morgan fingerprint density at radius 1 is 1.21 bits per heavy atom. The topological polar surface area (TPSA) is 84.9 Å². The number of likely N-dealkylation sites (tertiary alicyclic amines) is 1. The van der Waals surface area contributed by atoms with Crippen LogP contribution in [0.5, 0.6) is 0 Å². The maximum absolute atomic E-state index is 13.5. The highest BCUT2D eigenvalue weighted by atomic mass is 16.1. The lowest BCUT2D eigenvalue weighted by Crippen LogP contribution is -2.30. The number of hydrogen-bond donors (Lipinski definition) is 2. The molecule has 7 nitrogen and oxygen atoms in total. The normalized spacial score (nSPS) is 21.3. The number of H-pyrrole nitrogens is 1. The van der Waals surface area contributed by atoms with Gasteiger partial charge in [0.05, 0.1) is 22.3 Å². The molecule has 0 bridgehead atoms. The van der Waals surface area contributed by atoms with Gasteiger partial charge in [-0.2, -0.15) is 5.10 Å². The first-order valence-corrected chi connectivity index (χ1v) is 13.3. The van der Waals surface area contributed by atoms with E-state index in [4.69, 9.17) is 10.8 Å². The van der Waals surface area contributed by atoms with Gasteiger partial charge >= 0.3 is 0 Å². The summed E-state index contributed by atoms with van der Waals surface area (Å²) >= 11 is 0. The molecule has 0 spiro atoms. The molecule has 182 valence electrons. The third kappa shape index (κ3) is 3.88. The third-order valence-electron chi connectivity index (χ3n) is 8.42. The molecule has 1 atom stereocenters. The Hall–Kier alpha value is -2.54. The molecular formula is C27H38N6O. The summed E-state index contributed by atoms with van der Waals surface area (Å²) in [6.07, 6.45) is 14.8. The van der Waals surface area contributed by atoms with Gasteiger partial charge in [0.2, 0.25) is 0 Å². The van der Waals surface area contributed by atoms with Gasteiger partial charge in [-0.05, 0) is 88.8 Å². The van der Waals surface area contributed by atoms with Crippen LogP contribution >= 0.6 is 0 Å². The number of nitrogens with two attached hydrogens (primary N) is 1. The number of nitrogens with zero attached hydrogens (tertiary/aromatic N) is 4. The molecule has 0 unspecified atom stereocenters. The van der Waals surface area contributed by atoms with Gasteiger partial charge in [-0.3, -0.25) is 9.48 Å². The van der Waals surface area contributed by atoms with Gasteiger partial charge in [0, 0.05) is 42.8 Å². The number of anilines is 1. The molecule has 3 aromatic rings.